The summed E-state index contributed by atoms with van der Waals surface area (Å²) in [6.07, 6.45) is 1.23. The molecule has 0 N–H and O–H groups in total. The zero-order valence-corrected chi connectivity index (χ0v) is 9.19. The lowest BCUT2D eigenvalue weighted by atomic mass is 10.2. The molecule has 0 aliphatic rings. The van der Waals surface area contributed by atoms with Gasteiger partial charge in [0.1, 0.15) is 12.0 Å². The highest BCUT2D eigenvalue weighted by molar-refractivity contribution is 6.67. The first-order chi connectivity index (χ1) is 7.70. The Hall–Kier alpha value is -1.81. The molecule has 0 saturated heterocycles. The van der Waals surface area contributed by atoms with Crippen LogP contribution in [0.15, 0.2) is 34.9 Å². The molecule has 4 nitrogen and oxygen atoms in total. The average Bonchev–Trinajstić information content (AvgIpc) is 2.78. The van der Waals surface area contributed by atoms with Crippen molar-refractivity contribution >= 4 is 16.8 Å². The molecule has 2 rings (SSSR count). The van der Waals surface area contributed by atoms with Crippen molar-refractivity contribution in [3.05, 3.63) is 36.2 Å². The molecule has 0 unspecified atom stereocenters. The second kappa shape index (κ2) is 4.37. The molecule has 1 aromatic heterocycles. The highest BCUT2D eigenvalue weighted by atomic mass is 35.5. The standard InChI is InChI=1S/C11H8ClNO3/c1-15-8-4-2-7(3-5-8)11-13-9(6-16-11)10(12)14/h2-6H,1H3. The van der Waals surface area contributed by atoms with Crippen molar-refractivity contribution in [3.8, 4) is 17.2 Å². The lowest BCUT2D eigenvalue weighted by Crippen LogP contribution is -1.88. The molecule has 0 bridgehead atoms. The SMILES string of the molecule is COc1ccc(-c2nc(C(=O)Cl)co2)cc1. The van der Waals surface area contributed by atoms with Gasteiger partial charge in [0.2, 0.25) is 5.89 Å². The van der Waals surface area contributed by atoms with Crippen molar-refractivity contribution in [3.63, 3.8) is 0 Å². The molecular formula is C11H8ClNO3. The van der Waals surface area contributed by atoms with Crippen LogP contribution in [0.5, 0.6) is 5.75 Å². The van der Waals surface area contributed by atoms with Gasteiger partial charge in [0.25, 0.3) is 5.24 Å². The summed E-state index contributed by atoms with van der Waals surface area (Å²) in [5.41, 5.74) is 0.859. The topological polar surface area (TPSA) is 52.3 Å². The van der Waals surface area contributed by atoms with Crippen molar-refractivity contribution in [2.24, 2.45) is 0 Å². The Bertz CT molecular complexity index is 504. The Balaban J connectivity index is 2.31. The highest BCUT2D eigenvalue weighted by Crippen LogP contribution is 2.22. The third-order valence-corrected chi connectivity index (χ3v) is 2.24. The van der Waals surface area contributed by atoms with Gasteiger partial charge < -0.3 is 9.15 Å². The van der Waals surface area contributed by atoms with Crippen molar-refractivity contribution in [2.45, 2.75) is 0 Å². The third kappa shape index (κ3) is 2.06. The quantitative estimate of drug-likeness (QED) is 0.771. The van der Waals surface area contributed by atoms with Gasteiger partial charge in [-0.3, -0.25) is 4.79 Å². The molecule has 5 heteroatoms. The number of benzene rings is 1. The van der Waals surface area contributed by atoms with Gasteiger partial charge in [-0.1, -0.05) is 0 Å². The Kier molecular flexibility index (Phi) is 2.92. The van der Waals surface area contributed by atoms with E-state index in [-0.39, 0.29) is 5.69 Å². The van der Waals surface area contributed by atoms with Gasteiger partial charge in [-0.2, -0.15) is 0 Å². The maximum Gasteiger partial charge on any atom is 0.274 e. The fourth-order valence-corrected chi connectivity index (χ4v) is 1.32. The lowest BCUT2D eigenvalue weighted by molar-refractivity contribution is 0.107. The number of hydrogen-bond acceptors (Lipinski definition) is 4. The lowest BCUT2D eigenvalue weighted by Gasteiger charge is -1.99. The van der Waals surface area contributed by atoms with Gasteiger partial charge in [-0.25, -0.2) is 4.98 Å². The number of rotatable bonds is 3. The number of aromatic nitrogens is 1. The van der Waals surface area contributed by atoms with E-state index in [1.807, 2.05) is 0 Å². The molecule has 0 aliphatic carbocycles. The monoisotopic (exact) mass is 237 g/mol. The molecule has 1 heterocycles. The van der Waals surface area contributed by atoms with E-state index in [9.17, 15) is 4.79 Å². The average molecular weight is 238 g/mol. The summed E-state index contributed by atoms with van der Waals surface area (Å²) in [6.45, 7) is 0. The largest absolute Gasteiger partial charge is 0.497 e. The molecule has 0 saturated carbocycles. The smallest absolute Gasteiger partial charge is 0.274 e. The molecule has 0 radical (unpaired) electrons. The van der Waals surface area contributed by atoms with Gasteiger partial charge in [-0.15, -0.1) is 0 Å². The van der Waals surface area contributed by atoms with E-state index in [2.05, 4.69) is 4.98 Å². The third-order valence-electron chi connectivity index (χ3n) is 2.04. The molecule has 16 heavy (non-hydrogen) atoms. The van der Waals surface area contributed by atoms with Crippen LogP contribution < -0.4 is 4.74 Å². The fraction of sp³-hybridized carbons (Fsp3) is 0.0909. The molecular weight excluding hydrogens is 230 g/mol. The van der Waals surface area contributed by atoms with Gasteiger partial charge >= 0.3 is 0 Å². The van der Waals surface area contributed by atoms with Gasteiger partial charge in [0.05, 0.1) is 7.11 Å². The minimum absolute atomic E-state index is 0.104. The normalized spacial score (nSPS) is 10.1. The second-order valence-electron chi connectivity index (χ2n) is 3.04. The summed E-state index contributed by atoms with van der Waals surface area (Å²) in [4.78, 5) is 14.8. The summed E-state index contributed by atoms with van der Waals surface area (Å²) in [6, 6.07) is 7.13. The Morgan fingerprint density at radius 1 is 1.38 bits per heavy atom. The first kappa shape index (κ1) is 10.7. The van der Waals surface area contributed by atoms with Crippen molar-refractivity contribution in [1.29, 1.82) is 0 Å². The van der Waals surface area contributed by atoms with E-state index in [0.717, 1.165) is 11.3 Å². The van der Waals surface area contributed by atoms with Crippen molar-refractivity contribution in [1.82, 2.24) is 4.98 Å². The minimum atomic E-state index is -0.636. The van der Waals surface area contributed by atoms with Gasteiger partial charge in [0.15, 0.2) is 5.69 Å². The van der Waals surface area contributed by atoms with E-state index in [4.69, 9.17) is 20.8 Å². The van der Waals surface area contributed by atoms with Crippen LogP contribution in [-0.2, 0) is 0 Å². The molecule has 82 valence electrons. The summed E-state index contributed by atoms with van der Waals surface area (Å²) < 4.78 is 10.2. The number of nitrogens with zero attached hydrogens (tertiary/aromatic N) is 1. The van der Waals surface area contributed by atoms with Crippen LogP contribution in [-0.4, -0.2) is 17.3 Å². The first-order valence-electron chi connectivity index (χ1n) is 4.50. The van der Waals surface area contributed by atoms with E-state index in [0.29, 0.717) is 5.89 Å². The van der Waals surface area contributed by atoms with E-state index < -0.39 is 5.24 Å². The van der Waals surface area contributed by atoms with Crippen LogP contribution in [0.4, 0.5) is 0 Å². The number of hydrogen-bond donors (Lipinski definition) is 0. The van der Waals surface area contributed by atoms with E-state index in [1.165, 1.54) is 6.26 Å². The van der Waals surface area contributed by atoms with Crippen molar-refractivity contribution < 1.29 is 13.9 Å². The Morgan fingerprint density at radius 3 is 2.56 bits per heavy atom. The zero-order valence-electron chi connectivity index (χ0n) is 8.44. The molecule has 0 spiro atoms. The molecule has 0 aliphatic heterocycles. The number of ether oxygens (including phenoxy) is 1. The van der Waals surface area contributed by atoms with E-state index in [1.54, 1.807) is 31.4 Å². The summed E-state index contributed by atoms with van der Waals surface area (Å²) in [5.74, 6) is 1.09. The molecule has 0 amide bonds. The van der Waals surface area contributed by atoms with Crippen LogP contribution in [0, 0.1) is 0 Å². The van der Waals surface area contributed by atoms with Crippen LogP contribution in [0.2, 0.25) is 0 Å². The van der Waals surface area contributed by atoms with Gasteiger partial charge in [-0.05, 0) is 35.9 Å². The zero-order chi connectivity index (χ0) is 11.5. The number of methoxy groups -OCH3 is 1. The predicted octanol–water partition coefficient (Wildman–Crippen LogP) is 2.73. The molecule has 0 fully saturated rings. The highest BCUT2D eigenvalue weighted by Gasteiger charge is 2.10. The summed E-state index contributed by atoms with van der Waals surface area (Å²) in [5, 5.41) is -0.636. The maximum absolute atomic E-state index is 10.8. The second-order valence-corrected chi connectivity index (χ2v) is 3.38. The minimum Gasteiger partial charge on any atom is -0.497 e. The van der Waals surface area contributed by atoms with Crippen molar-refractivity contribution in [2.75, 3.05) is 7.11 Å². The van der Waals surface area contributed by atoms with Crippen LogP contribution in [0.1, 0.15) is 10.5 Å². The van der Waals surface area contributed by atoms with Gasteiger partial charge in [0, 0.05) is 5.56 Å². The summed E-state index contributed by atoms with van der Waals surface area (Å²) >= 11 is 5.27. The number of oxazole rings is 1. The fourth-order valence-electron chi connectivity index (χ4n) is 1.23. The molecule has 0 atom stereocenters. The number of halogens is 1. The molecule has 2 aromatic rings. The van der Waals surface area contributed by atoms with Crippen LogP contribution >= 0.6 is 11.6 Å². The Labute approximate surface area is 96.8 Å². The van der Waals surface area contributed by atoms with E-state index >= 15 is 0 Å². The maximum atomic E-state index is 10.8. The first-order valence-corrected chi connectivity index (χ1v) is 4.88. The van der Waals surface area contributed by atoms with Crippen LogP contribution in [0.25, 0.3) is 11.5 Å². The molecule has 1 aromatic carbocycles. The summed E-state index contributed by atoms with van der Waals surface area (Å²) in [7, 11) is 1.59. The number of carbonyl (C=O) groups is 1. The predicted molar refractivity (Wildman–Crippen MR) is 58.7 cm³/mol. The van der Waals surface area contributed by atoms with Crippen LogP contribution in [0.3, 0.4) is 0 Å². The number of carbonyl (C=O) groups excluding carboxylic acids is 1. The Morgan fingerprint density at radius 2 is 2.06 bits per heavy atom.